The smallest absolute Gasteiger partial charge is 0.191 e. The minimum atomic E-state index is 0. The maximum Gasteiger partial charge on any atom is 0.191 e. The zero-order valence-electron chi connectivity index (χ0n) is 12.4. The Bertz CT molecular complexity index is 397. The number of thiophene rings is 1. The molecule has 1 saturated carbocycles. The molecule has 1 fully saturated rings. The van der Waals surface area contributed by atoms with Crippen molar-refractivity contribution < 1.29 is 0 Å². The molecule has 1 aromatic rings. The summed E-state index contributed by atoms with van der Waals surface area (Å²) in [5.41, 5.74) is 1.74. The maximum absolute atomic E-state index is 4.65. The van der Waals surface area contributed by atoms with Crippen molar-refractivity contribution in [1.82, 2.24) is 10.6 Å². The van der Waals surface area contributed by atoms with Gasteiger partial charge in [-0.05, 0) is 47.6 Å². The van der Waals surface area contributed by atoms with Crippen molar-refractivity contribution in [3.8, 4) is 0 Å². The molecular formula is C15H26IN3S. The molecule has 1 aliphatic rings. The van der Waals surface area contributed by atoms with Crippen molar-refractivity contribution in [2.75, 3.05) is 13.1 Å². The Labute approximate surface area is 143 Å². The topological polar surface area (TPSA) is 36.4 Å². The predicted octanol–water partition coefficient (Wildman–Crippen LogP) is 4.00. The molecule has 20 heavy (non-hydrogen) atoms. The van der Waals surface area contributed by atoms with Crippen LogP contribution in [0.3, 0.4) is 0 Å². The van der Waals surface area contributed by atoms with E-state index in [1.807, 2.05) is 0 Å². The summed E-state index contributed by atoms with van der Waals surface area (Å²) < 4.78 is 0. The Morgan fingerprint density at radius 2 is 2.10 bits per heavy atom. The molecule has 0 spiro atoms. The van der Waals surface area contributed by atoms with Crippen LogP contribution in [0.2, 0.25) is 0 Å². The van der Waals surface area contributed by atoms with E-state index in [-0.39, 0.29) is 24.0 Å². The highest BCUT2D eigenvalue weighted by atomic mass is 127. The summed E-state index contributed by atoms with van der Waals surface area (Å²) in [4.78, 5) is 4.65. The van der Waals surface area contributed by atoms with Crippen LogP contribution < -0.4 is 10.6 Å². The molecule has 1 aromatic heterocycles. The number of hydrogen-bond acceptors (Lipinski definition) is 2. The fourth-order valence-electron chi connectivity index (χ4n) is 2.60. The summed E-state index contributed by atoms with van der Waals surface area (Å²) in [5, 5.41) is 11.1. The van der Waals surface area contributed by atoms with Crippen LogP contribution in [-0.2, 0) is 6.54 Å². The van der Waals surface area contributed by atoms with Gasteiger partial charge >= 0.3 is 0 Å². The second-order valence-corrected chi connectivity index (χ2v) is 6.48. The zero-order chi connectivity index (χ0) is 13.6. The maximum atomic E-state index is 4.65. The Balaban J connectivity index is 0.00000200. The normalized spacial score (nSPS) is 17.6. The number of aliphatic imine (C=N–C) groups is 1. The monoisotopic (exact) mass is 407 g/mol. The molecule has 0 aliphatic heterocycles. The number of nitrogens with one attached hydrogen (secondary N) is 2. The lowest BCUT2D eigenvalue weighted by molar-refractivity contribution is 0.334. The fourth-order valence-corrected chi connectivity index (χ4v) is 3.26. The van der Waals surface area contributed by atoms with Gasteiger partial charge in [-0.15, -0.1) is 24.0 Å². The van der Waals surface area contributed by atoms with Gasteiger partial charge in [-0.3, -0.25) is 0 Å². The van der Waals surface area contributed by atoms with Crippen LogP contribution in [0.15, 0.2) is 21.8 Å². The number of rotatable bonds is 5. The Hall–Kier alpha value is -0.300. The van der Waals surface area contributed by atoms with Crippen LogP contribution in [0, 0.1) is 5.41 Å². The highest BCUT2D eigenvalue weighted by Crippen LogP contribution is 2.36. The quantitative estimate of drug-likeness (QED) is 0.440. The van der Waals surface area contributed by atoms with Crippen LogP contribution in [0.4, 0.5) is 0 Å². The molecule has 0 saturated heterocycles. The zero-order valence-corrected chi connectivity index (χ0v) is 15.6. The molecule has 0 amide bonds. The molecule has 2 N–H and O–H groups in total. The van der Waals surface area contributed by atoms with Gasteiger partial charge in [0, 0.05) is 13.1 Å². The average Bonchev–Trinajstić information content (AvgIpc) is 3.05. The van der Waals surface area contributed by atoms with Gasteiger partial charge in [0.15, 0.2) is 5.96 Å². The van der Waals surface area contributed by atoms with Gasteiger partial charge in [-0.1, -0.05) is 19.8 Å². The third-order valence-corrected chi connectivity index (χ3v) is 4.57. The second-order valence-electron chi connectivity index (χ2n) is 5.70. The first-order chi connectivity index (χ1) is 9.22. The molecule has 1 aliphatic carbocycles. The number of guanidine groups is 1. The standard InChI is InChI=1S/C15H25N3S.HI/c1-3-16-14(17-10-13-6-9-19-11-13)18-12-15(2)7-4-5-8-15;/h6,9,11H,3-5,7-8,10,12H2,1-2H3,(H2,16,17,18);1H. The van der Waals surface area contributed by atoms with Gasteiger partial charge in [0.1, 0.15) is 0 Å². The third-order valence-electron chi connectivity index (χ3n) is 3.84. The molecule has 0 aromatic carbocycles. The Morgan fingerprint density at radius 1 is 1.35 bits per heavy atom. The number of hydrogen-bond donors (Lipinski definition) is 2. The van der Waals surface area contributed by atoms with E-state index in [9.17, 15) is 0 Å². The van der Waals surface area contributed by atoms with E-state index in [0.29, 0.717) is 5.41 Å². The highest BCUT2D eigenvalue weighted by molar-refractivity contribution is 14.0. The van der Waals surface area contributed by atoms with Gasteiger partial charge in [-0.2, -0.15) is 11.3 Å². The van der Waals surface area contributed by atoms with E-state index in [1.54, 1.807) is 11.3 Å². The van der Waals surface area contributed by atoms with E-state index in [0.717, 1.165) is 25.6 Å². The van der Waals surface area contributed by atoms with Gasteiger partial charge in [-0.25, -0.2) is 4.99 Å². The lowest BCUT2D eigenvalue weighted by atomic mass is 9.89. The van der Waals surface area contributed by atoms with E-state index >= 15 is 0 Å². The number of nitrogens with zero attached hydrogens (tertiary/aromatic N) is 1. The summed E-state index contributed by atoms with van der Waals surface area (Å²) >= 11 is 1.73. The molecule has 0 unspecified atom stereocenters. The van der Waals surface area contributed by atoms with E-state index in [1.165, 1.54) is 31.2 Å². The third kappa shape index (κ3) is 5.60. The van der Waals surface area contributed by atoms with E-state index in [2.05, 4.69) is 46.3 Å². The van der Waals surface area contributed by atoms with Crippen LogP contribution in [0.5, 0.6) is 0 Å². The van der Waals surface area contributed by atoms with Crippen molar-refractivity contribution in [3.05, 3.63) is 22.4 Å². The molecular weight excluding hydrogens is 381 g/mol. The van der Waals surface area contributed by atoms with E-state index < -0.39 is 0 Å². The molecule has 2 rings (SSSR count). The summed E-state index contributed by atoms with van der Waals surface area (Å²) in [6, 6.07) is 2.13. The summed E-state index contributed by atoms with van der Waals surface area (Å²) in [5.74, 6) is 0.946. The van der Waals surface area contributed by atoms with Crippen molar-refractivity contribution >= 4 is 41.3 Å². The lowest BCUT2D eigenvalue weighted by Crippen LogP contribution is -2.42. The summed E-state index contributed by atoms with van der Waals surface area (Å²) in [7, 11) is 0. The lowest BCUT2D eigenvalue weighted by Gasteiger charge is -2.25. The molecule has 1 heterocycles. The first-order valence-corrected chi connectivity index (χ1v) is 8.19. The minimum Gasteiger partial charge on any atom is -0.357 e. The molecule has 5 heteroatoms. The molecule has 114 valence electrons. The van der Waals surface area contributed by atoms with Gasteiger partial charge in [0.25, 0.3) is 0 Å². The summed E-state index contributed by atoms with van der Waals surface area (Å²) in [6.07, 6.45) is 5.43. The van der Waals surface area contributed by atoms with Gasteiger partial charge < -0.3 is 10.6 Å². The Morgan fingerprint density at radius 3 is 2.70 bits per heavy atom. The van der Waals surface area contributed by atoms with E-state index in [4.69, 9.17) is 0 Å². The van der Waals surface area contributed by atoms with Crippen molar-refractivity contribution in [2.24, 2.45) is 10.4 Å². The van der Waals surface area contributed by atoms with Crippen LogP contribution in [0.25, 0.3) is 0 Å². The van der Waals surface area contributed by atoms with Gasteiger partial charge in [0.2, 0.25) is 0 Å². The predicted molar refractivity (Wildman–Crippen MR) is 99.1 cm³/mol. The van der Waals surface area contributed by atoms with Crippen molar-refractivity contribution in [3.63, 3.8) is 0 Å². The van der Waals surface area contributed by atoms with Gasteiger partial charge in [0.05, 0.1) is 6.54 Å². The SMILES string of the molecule is CCNC(=NCc1ccsc1)NCC1(C)CCCC1.I. The van der Waals surface area contributed by atoms with Crippen LogP contribution in [0.1, 0.15) is 45.1 Å². The highest BCUT2D eigenvalue weighted by Gasteiger charge is 2.28. The Kier molecular flexibility index (Phi) is 7.87. The van der Waals surface area contributed by atoms with Crippen molar-refractivity contribution in [1.29, 1.82) is 0 Å². The largest absolute Gasteiger partial charge is 0.357 e. The average molecular weight is 407 g/mol. The fraction of sp³-hybridized carbons (Fsp3) is 0.667. The molecule has 0 bridgehead atoms. The van der Waals surface area contributed by atoms with Crippen LogP contribution in [-0.4, -0.2) is 19.0 Å². The second kappa shape index (κ2) is 8.87. The van der Waals surface area contributed by atoms with Crippen molar-refractivity contribution in [2.45, 2.75) is 46.1 Å². The first kappa shape index (κ1) is 17.8. The molecule has 0 atom stereocenters. The summed E-state index contributed by atoms with van der Waals surface area (Å²) in [6.45, 7) is 7.19. The van der Waals surface area contributed by atoms with Crippen LogP contribution >= 0.6 is 35.3 Å². The molecule has 3 nitrogen and oxygen atoms in total. The first-order valence-electron chi connectivity index (χ1n) is 7.25. The number of halogens is 1. The minimum absolute atomic E-state index is 0. The molecule has 0 radical (unpaired) electrons.